The summed E-state index contributed by atoms with van der Waals surface area (Å²) in [6.07, 6.45) is 3.74. The second-order valence-electron chi connectivity index (χ2n) is 3.24. The Bertz CT molecular complexity index is 436. The number of hydrogen-bond donors (Lipinski definition) is 1. The zero-order valence-corrected chi connectivity index (χ0v) is 9.24. The van der Waals surface area contributed by atoms with Crippen molar-refractivity contribution in [1.29, 1.82) is 0 Å². The van der Waals surface area contributed by atoms with Crippen LogP contribution in [-0.2, 0) is 12.8 Å². The van der Waals surface area contributed by atoms with Gasteiger partial charge in [0.25, 0.3) is 0 Å². The van der Waals surface area contributed by atoms with Crippen LogP contribution in [0.5, 0.6) is 5.75 Å². The monoisotopic (exact) mass is 220 g/mol. The summed E-state index contributed by atoms with van der Waals surface area (Å²) in [6, 6.07) is 7.20. The zero-order chi connectivity index (χ0) is 10.7. The number of hydrogen-bond acceptors (Lipinski definition) is 3. The van der Waals surface area contributed by atoms with E-state index in [0.717, 1.165) is 16.5 Å². The molecule has 0 aliphatic rings. The smallest absolute Gasteiger partial charge is 0.118 e. The summed E-state index contributed by atoms with van der Waals surface area (Å²) in [6.45, 7) is 0. The molecule has 0 atom stereocenters. The van der Waals surface area contributed by atoms with Crippen LogP contribution in [0.25, 0.3) is 0 Å². The van der Waals surface area contributed by atoms with E-state index in [-0.39, 0.29) is 0 Å². The minimum Gasteiger partial charge on any atom is -0.508 e. The van der Waals surface area contributed by atoms with E-state index in [2.05, 4.69) is 4.98 Å². The molecule has 4 heteroatoms. The fourth-order valence-corrected chi connectivity index (χ4v) is 2.13. The van der Waals surface area contributed by atoms with Crippen molar-refractivity contribution in [3.8, 4) is 5.75 Å². The lowest BCUT2D eigenvalue weighted by atomic mass is 10.3. The molecule has 3 nitrogen and oxygen atoms in total. The molecule has 0 fully saturated rings. The van der Waals surface area contributed by atoms with Gasteiger partial charge in [0.05, 0.1) is 5.75 Å². The zero-order valence-electron chi connectivity index (χ0n) is 8.42. The molecular weight excluding hydrogens is 208 g/mol. The van der Waals surface area contributed by atoms with Gasteiger partial charge in [-0.3, -0.25) is 0 Å². The third-order valence-corrected chi connectivity index (χ3v) is 3.13. The number of benzene rings is 1. The highest BCUT2D eigenvalue weighted by Crippen LogP contribution is 2.23. The number of aromatic nitrogens is 2. The van der Waals surface area contributed by atoms with Crippen LogP contribution < -0.4 is 0 Å². The van der Waals surface area contributed by atoms with Gasteiger partial charge in [-0.25, -0.2) is 4.98 Å². The largest absolute Gasteiger partial charge is 0.508 e. The van der Waals surface area contributed by atoms with Crippen LogP contribution in [-0.4, -0.2) is 14.7 Å². The molecule has 0 amide bonds. The quantitative estimate of drug-likeness (QED) is 0.807. The van der Waals surface area contributed by atoms with Crippen LogP contribution in [0.15, 0.2) is 41.6 Å². The minimum absolute atomic E-state index is 0.302. The average molecular weight is 220 g/mol. The van der Waals surface area contributed by atoms with Gasteiger partial charge >= 0.3 is 0 Å². The molecule has 1 aromatic heterocycles. The highest BCUT2D eigenvalue weighted by molar-refractivity contribution is 7.98. The van der Waals surface area contributed by atoms with Crippen molar-refractivity contribution in [2.75, 3.05) is 0 Å². The van der Waals surface area contributed by atoms with Gasteiger partial charge in [0, 0.05) is 24.3 Å². The molecule has 15 heavy (non-hydrogen) atoms. The van der Waals surface area contributed by atoms with Crippen molar-refractivity contribution in [2.45, 2.75) is 10.6 Å². The number of phenols is 1. The number of nitrogens with zero attached hydrogens (tertiary/aromatic N) is 2. The van der Waals surface area contributed by atoms with Gasteiger partial charge in [0.2, 0.25) is 0 Å². The average Bonchev–Trinajstić information content (AvgIpc) is 2.63. The first-order chi connectivity index (χ1) is 7.25. The highest BCUT2D eigenvalue weighted by atomic mass is 32.2. The Labute approximate surface area is 92.8 Å². The van der Waals surface area contributed by atoms with Gasteiger partial charge in [-0.05, 0) is 24.3 Å². The Morgan fingerprint density at radius 1 is 1.33 bits per heavy atom. The van der Waals surface area contributed by atoms with E-state index in [1.54, 1.807) is 30.1 Å². The van der Waals surface area contributed by atoms with E-state index in [0.29, 0.717) is 5.75 Å². The molecular formula is C11H12N2OS. The van der Waals surface area contributed by atoms with E-state index >= 15 is 0 Å². The van der Waals surface area contributed by atoms with Crippen LogP contribution in [0, 0.1) is 0 Å². The fraction of sp³-hybridized carbons (Fsp3) is 0.182. The summed E-state index contributed by atoms with van der Waals surface area (Å²) < 4.78 is 2.01. The summed E-state index contributed by atoms with van der Waals surface area (Å²) in [5, 5.41) is 9.13. The number of thioether (sulfide) groups is 1. The van der Waals surface area contributed by atoms with Crippen molar-refractivity contribution >= 4 is 11.8 Å². The molecule has 0 unspecified atom stereocenters. The number of aromatic hydroxyl groups is 1. The van der Waals surface area contributed by atoms with Crippen LogP contribution in [0.3, 0.4) is 0 Å². The van der Waals surface area contributed by atoms with E-state index in [1.807, 2.05) is 29.9 Å². The number of imidazole rings is 1. The normalized spacial score (nSPS) is 10.5. The van der Waals surface area contributed by atoms with E-state index < -0.39 is 0 Å². The van der Waals surface area contributed by atoms with Crippen molar-refractivity contribution < 1.29 is 5.11 Å². The third-order valence-electron chi connectivity index (χ3n) is 2.13. The molecule has 1 aromatic carbocycles. The molecule has 1 N–H and O–H groups in total. The molecule has 1 heterocycles. The predicted molar refractivity (Wildman–Crippen MR) is 60.9 cm³/mol. The molecule has 2 rings (SSSR count). The van der Waals surface area contributed by atoms with Crippen LogP contribution in [0.1, 0.15) is 5.82 Å². The number of phenolic OH excluding ortho intramolecular Hbond substituents is 1. The molecule has 0 spiro atoms. The van der Waals surface area contributed by atoms with Gasteiger partial charge in [0.1, 0.15) is 11.6 Å². The summed E-state index contributed by atoms with van der Waals surface area (Å²) in [5.74, 6) is 2.19. The Hall–Kier alpha value is -1.42. The van der Waals surface area contributed by atoms with Crippen molar-refractivity contribution in [3.63, 3.8) is 0 Å². The lowest BCUT2D eigenvalue weighted by molar-refractivity contribution is 0.475. The SMILES string of the molecule is Cn1ccnc1CSc1ccc(O)cc1. The molecule has 0 bridgehead atoms. The van der Waals surface area contributed by atoms with Gasteiger partial charge in [-0.2, -0.15) is 0 Å². The van der Waals surface area contributed by atoms with Crippen molar-refractivity contribution in [3.05, 3.63) is 42.5 Å². The molecule has 0 radical (unpaired) electrons. The van der Waals surface area contributed by atoms with Crippen molar-refractivity contribution in [1.82, 2.24) is 9.55 Å². The van der Waals surface area contributed by atoms with Crippen LogP contribution in [0.4, 0.5) is 0 Å². The lowest BCUT2D eigenvalue weighted by Gasteiger charge is -2.02. The molecule has 0 aliphatic heterocycles. The van der Waals surface area contributed by atoms with Gasteiger partial charge in [-0.1, -0.05) is 0 Å². The lowest BCUT2D eigenvalue weighted by Crippen LogP contribution is -1.94. The fourth-order valence-electron chi connectivity index (χ4n) is 1.23. The van der Waals surface area contributed by atoms with E-state index in [9.17, 15) is 0 Å². The summed E-state index contributed by atoms with van der Waals surface area (Å²) >= 11 is 1.71. The summed E-state index contributed by atoms with van der Waals surface area (Å²) in [5.41, 5.74) is 0. The molecule has 0 saturated heterocycles. The number of aryl methyl sites for hydroxylation is 1. The van der Waals surface area contributed by atoms with Gasteiger partial charge in [-0.15, -0.1) is 11.8 Å². The molecule has 2 aromatic rings. The topological polar surface area (TPSA) is 38.0 Å². The number of rotatable bonds is 3. The standard InChI is InChI=1S/C11H12N2OS/c1-13-7-6-12-11(13)8-15-10-4-2-9(14)3-5-10/h2-7,14H,8H2,1H3. The minimum atomic E-state index is 0.302. The van der Waals surface area contributed by atoms with Crippen molar-refractivity contribution in [2.24, 2.45) is 7.05 Å². The first-order valence-corrected chi connectivity index (χ1v) is 5.62. The maximum Gasteiger partial charge on any atom is 0.118 e. The molecule has 0 aliphatic carbocycles. The highest BCUT2D eigenvalue weighted by Gasteiger charge is 2.00. The molecule has 78 valence electrons. The summed E-state index contributed by atoms with van der Waals surface area (Å²) in [4.78, 5) is 5.38. The second kappa shape index (κ2) is 4.40. The maximum atomic E-state index is 9.13. The Kier molecular flexibility index (Phi) is 2.97. The van der Waals surface area contributed by atoms with E-state index in [4.69, 9.17) is 5.11 Å². The predicted octanol–water partition coefficient (Wildman–Crippen LogP) is 2.42. The Morgan fingerprint density at radius 2 is 2.07 bits per heavy atom. The second-order valence-corrected chi connectivity index (χ2v) is 4.29. The third kappa shape index (κ3) is 2.53. The van der Waals surface area contributed by atoms with Gasteiger partial charge < -0.3 is 9.67 Å². The summed E-state index contributed by atoms with van der Waals surface area (Å²) in [7, 11) is 1.99. The Morgan fingerprint density at radius 3 is 2.67 bits per heavy atom. The van der Waals surface area contributed by atoms with Gasteiger partial charge in [0.15, 0.2) is 0 Å². The Balaban J connectivity index is 1.99. The first kappa shape index (κ1) is 10.1. The maximum absolute atomic E-state index is 9.13. The van der Waals surface area contributed by atoms with Crippen LogP contribution in [0.2, 0.25) is 0 Å². The van der Waals surface area contributed by atoms with E-state index in [1.165, 1.54) is 0 Å². The first-order valence-electron chi connectivity index (χ1n) is 4.64. The van der Waals surface area contributed by atoms with Crippen LogP contribution >= 0.6 is 11.8 Å². The molecule has 0 saturated carbocycles.